The molecule has 1 heteroatoms. The summed E-state index contributed by atoms with van der Waals surface area (Å²) in [6.07, 6.45) is 10.5. The minimum Gasteiger partial charge on any atom is -0.368 e. The van der Waals surface area contributed by atoms with E-state index in [4.69, 9.17) is 4.74 Å². The van der Waals surface area contributed by atoms with Gasteiger partial charge in [-0.2, -0.15) is 0 Å². The molecule has 13 heavy (non-hydrogen) atoms. The average molecular weight is 180 g/mol. The van der Waals surface area contributed by atoms with Crippen LogP contribution in [-0.2, 0) is 4.74 Å². The molecule has 1 spiro atoms. The molecule has 0 aromatic carbocycles. The van der Waals surface area contributed by atoms with Gasteiger partial charge in [-0.25, -0.2) is 0 Å². The molecule has 0 radical (unpaired) electrons. The highest BCUT2D eigenvalue weighted by atomic mass is 16.5. The summed E-state index contributed by atoms with van der Waals surface area (Å²) >= 11 is 0. The SMILES string of the molecule is CC1=CC2(CCC1)CCCC(C)O2. The van der Waals surface area contributed by atoms with Gasteiger partial charge in [-0.1, -0.05) is 11.6 Å². The molecule has 1 aliphatic heterocycles. The van der Waals surface area contributed by atoms with Crippen LogP contribution in [-0.4, -0.2) is 11.7 Å². The Balaban J connectivity index is 2.13. The Labute approximate surface area is 81.2 Å². The molecule has 2 rings (SSSR count). The maximum Gasteiger partial charge on any atom is 0.0868 e. The van der Waals surface area contributed by atoms with E-state index in [0.717, 1.165) is 0 Å². The molecular formula is C12H20O. The van der Waals surface area contributed by atoms with Crippen molar-refractivity contribution in [2.75, 3.05) is 0 Å². The van der Waals surface area contributed by atoms with Crippen LogP contribution in [0.25, 0.3) is 0 Å². The van der Waals surface area contributed by atoms with Crippen LogP contribution < -0.4 is 0 Å². The molecule has 2 aliphatic rings. The average Bonchev–Trinajstić information content (AvgIpc) is 2.02. The van der Waals surface area contributed by atoms with E-state index in [1.807, 2.05) is 0 Å². The van der Waals surface area contributed by atoms with Gasteiger partial charge in [0.25, 0.3) is 0 Å². The van der Waals surface area contributed by atoms with Crippen LogP contribution >= 0.6 is 0 Å². The summed E-state index contributed by atoms with van der Waals surface area (Å²) in [5.74, 6) is 0. The van der Waals surface area contributed by atoms with Gasteiger partial charge in [-0.3, -0.25) is 0 Å². The quantitative estimate of drug-likeness (QED) is 0.519. The minimum absolute atomic E-state index is 0.139. The van der Waals surface area contributed by atoms with Crippen molar-refractivity contribution in [1.82, 2.24) is 0 Å². The summed E-state index contributed by atoms with van der Waals surface area (Å²) in [5.41, 5.74) is 1.67. The van der Waals surface area contributed by atoms with E-state index in [1.165, 1.54) is 44.1 Å². The lowest BCUT2D eigenvalue weighted by Crippen LogP contribution is -2.39. The summed E-state index contributed by atoms with van der Waals surface area (Å²) in [5, 5.41) is 0. The van der Waals surface area contributed by atoms with E-state index < -0.39 is 0 Å². The Kier molecular flexibility index (Phi) is 2.46. The maximum atomic E-state index is 6.11. The van der Waals surface area contributed by atoms with E-state index in [2.05, 4.69) is 19.9 Å². The van der Waals surface area contributed by atoms with E-state index in [0.29, 0.717) is 6.10 Å². The summed E-state index contributed by atoms with van der Waals surface area (Å²) in [4.78, 5) is 0. The van der Waals surface area contributed by atoms with Gasteiger partial charge >= 0.3 is 0 Å². The lowest BCUT2D eigenvalue weighted by atomic mass is 9.81. The predicted molar refractivity (Wildman–Crippen MR) is 54.7 cm³/mol. The zero-order chi connectivity index (χ0) is 9.31. The molecule has 0 amide bonds. The number of hydrogen-bond donors (Lipinski definition) is 0. The van der Waals surface area contributed by atoms with Crippen molar-refractivity contribution in [2.45, 2.75) is 64.1 Å². The third-order valence-corrected chi connectivity index (χ3v) is 3.33. The molecule has 2 unspecified atom stereocenters. The molecule has 1 aliphatic carbocycles. The highest BCUT2D eigenvalue weighted by Gasteiger charge is 2.35. The molecular weight excluding hydrogens is 160 g/mol. The van der Waals surface area contributed by atoms with Crippen LogP contribution in [0.4, 0.5) is 0 Å². The Morgan fingerprint density at radius 2 is 2.15 bits per heavy atom. The molecule has 1 heterocycles. The highest BCUT2D eigenvalue weighted by Crippen LogP contribution is 2.38. The first kappa shape index (κ1) is 9.26. The topological polar surface area (TPSA) is 9.23 Å². The summed E-state index contributed by atoms with van der Waals surface area (Å²) in [6, 6.07) is 0. The van der Waals surface area contributed by atoms with E-state index >= 15 is 0 Å². The maximum absolute atomic E-state index is 6.11. The molecule has 1 fully saturated rings. The molecule has 0 aromatic heterocycles. The predicted octanol–water partition coefficient (Wildman–Crippen LogP) is 3.44. The summed E-state index contributed by atoms with van der Waals surface area (Å²) < 4.78 is 6.11. The van der Waals surface area contributed by atoms with Gasteiger partial charge in [-0.05, 0) is 52.4 Å². The van der Waals surface area contributed by atoms with Gasteiger partial charge < -0.3 is 4.74 Å². The van der Waals surface area contributed by atoms with Crippen LogP contribution in [0.2, 0.25) is 0 Å². The van der Waals surface area contributed by atoms with Crippen molar-refractivity contribution in [2.24, 2.45) is 0 Å². The normalized spacial score (nSPS) is 40.5. The zero-order valence-electron chi connectivity index (χ0n) is 8.81. The molecule has 0 saturated carbocycles. The van der Waals surface area contributed by atoms with Crippen LogP contribution in [0, 0.1) is 0 Å². The Morgan fingerprint density at radius 3 is 2.85 bits per heavy atom. The van der Waals surface area contributed by atoms with Crippen molar-refractivity contribution < 1.29 is 4.74 Å². The van der Waals surface area contributed by atoms with Gasteiger partial charge in [-0.15, -0.1) is 0 Å². The van der Waals surface area contributed by atoms with Gasteiger partial charge in [0.15, 0.2) is 0 Å². The van der Waals surface area contributed by atoms with E-state index in [-0.39, 0.29) is 5.60 Å². The van der Waals surface area contributed by atoms with Crippen LogP contribution in [0.5, 0.6) is 0 Å². The molecule has 2 atom stereocenters. The minimum atomic E-state index is 0.139. The van der Waals surface area contributed by atoms with Crippen molar-refractivity contribution in [3.8, 4) is 0 Å². The second kappa shape index (κ2) is 3.45. The third-order valence-electron chi connectivity index (χ3n) is 3.33. The molecule has 1 saturated heterocycles. The van der Waals surface area contributed by atoms with Crippen molar-refractivity contribution in [1.29, 1.82) is 0 Å². The van der Waals surface area contributed by atoms with Crippen LogP contribution in [0.15, 0.2) is 11.6 Å². The Hall–Kier alpha value is -0.300. The first-order valence-electron chi connectivity index (χ1n) is 5.56. The fourth-order valence-electron chi connectivity index (χ4n) is 2.76. The van der Waals surface area contributed by atoms with E-state index in [1.54, 1.807) is 0 Å². The number of allylic oxidation sites excluding steroid dienone is 1. The van der Waals surface area contributed by atoms with E-state index in [9.17, 15) is 0 Å². The third kappa shape index (κ3) is 1.96. The van der Waals surface area contributed by atoms with Gasteiger partial charge in [0.05, 0.1) is 11.7 Å². The Morgan fingerprint density at radius 1 is 1.38 bits per heavy atom. The molecule has 0 aromatic rings. The molecule has 74 valence electrons. The largest absolute Gasteiger partial charge is 0.368 e. The number of hydrogen-bond acceptors (Lipinski definition) is 1. The monoisotopic (exact) mass is 180 g/mol. The second-order valence-electron chi connectivity index (χ2n) is 4.73. The standard InChI is InChI=1S/C12H20O/c1-10-5-3-7-12(9-10)8-4-6-11(2)13-12/h9,11H,3-8H2,1-2H3. The Bertz CT molecular complexity index is 219. The molecule has 0 bridgehead atoms. The zero-order valence-corrected chi connectivity index (χ0v) is 8.81. The van der Waals surface area contributed by atoms with Gasteiger partial charge in [0.2, 0.25) is 0 Å². The van der Waals surface area contributed by atoms with Gasteiger partial charge in [0.1, 0.15) is 0 Å². The van der Waals surface area contributed by atoms with Crippen molar-refractivity contribution in [3.63, 3.8) is 0 Å². The highest BCUT2D eigenvalue weighted by molar-refractivity contribution is 5.14. The van der Waals surface area contributed by atoms with Crippen molar-refractivity contribution in [3.05, 3.63) is 11.6 Å². The lowest BCUT2D eigenvalue weighted by molar-refractivity contribution is -0.0984. The summed E-state index contributed by atoms with van der Waals surface area (Å²) in [6.45, 7) is 4.45. The lowest BCUT2D eigenvalue weighted by Gasteiger charge is -2.41. The smallest absolute Gasteiger partial charge is 0.0868 e. The van der Waals surface area contributed by atoms with Crippen LogP contribution in [0.1, 0.15) is 52.4 Å². The second-order valence-corrected chi connectivity index (χ2v) is 4.73. The molecule has 1 nitrogen and oxygen atoms in total. The first-order valence-corrected chi connectivity index (χ1v) is 5.56. The number of ether oxygens (including phenoxy) is 1. The summed E-state index contributed by atoms with van der Waals surface area (Å²) in [7, 11) is 0. The fourth-order valence-corrected chi connectivity index (χ4v) is 2.76. The van der Waals surface area contributed by atoms with Crippen LogP contribution in [0.3, 0.4) is 0 Å². The van der Waals surface area contributed by atoms with Crippen molar-refractivity contribution >= 4 is 0 Å². The fraction of sp³-hybridized carbons (Fsp3) is 0.833. The van der Waals surface area contributed by atoms with Gasteiger partial charge in [0, 0.05) is 0 Å². The first-order chi connectivity index (χ1) is 6.20. The number of rotatable bonds is 0. The molecule has 0 N–H and O–H groups in total.